The second-order valence-electron chi connectivity index (χ2n) is 9.58. The van der Waals surface area contributed by atoms with Crippen LogP contribution in [0, 0.1) is 11.3 Å². The number of nitrogens with one attached hydrogen (secondary N) is 1. The lowest BCUT2D eigenvalue weighted by Gasteiger charge is -2.29. The van der Waals surface area contributed by atoms with Gasteiger partial charge in [-0.15, -0.1) is 0 Å². The minimum absolute atomic E-state index is 0.0215. The lowest BCUT2D eigenvalue weighted by Crippen LogP contribution is -2.51. The Balaban J connectivity index is 1.49. The molecule has 7 nitrogen and oxygen atoms in total. The first kappa shape index (κ1) is 24.1. The molecule has 35 heavy (non-hydrogen) atoms. The summed E-state index contributed by atoms with van der Waals surface area (Å²) in [6, 6.07) is 14.3. The number of benzene rings is 2. The van der Waals surface area contributed by atoms with Gasteiger partial charge in [0.1, 0.15) is 11.6 Å². The number of likely N-dealkylation sites (tertiary alicyclic amines) is 1. The Labute approximate surface area is 213 Å². The molecule has 2 unspecified atom stereocenters. The highest BCUT2D eigenvalue weighted by Crippen LogP contribution is 2.51. The van der Waals surface area contributed by atoms with Gasteiger partial charge in [-0.25, -0.2) is 8.42 Å². The Morgan fingerprint density at radius 2 is 1.77 bits per heavy atom. The zero-order valence-electron chi connectivity index (χ0n) is 18.7. The third-order valence-corrected chi connectivity index (χ3v) is 10.1. The average Bonchev–Trinajstić information content (AvgIpc) is 3.75. The Bertz CT molecular complexity index is 1360. The van der Waals surface area contributed by atoms with E-state index in [0.29, 0.717) is 30.7 Å². The van der Waals surface area contributed by atoms with Gasteiger partial charge < -0.3 is 10.2 Å². The van der Waals surface area contributed by atoms with Crippen molar-refractivity contribution in [3.05, 3.63) is 64.1 Å². The maximum atomic E-state index is 13.9. The maximum Gasteiger partial charge on any atom is 0.244 e. The van der Waals surface area contributed by atoms with Crippen molar-refractivity contribution in [2.45, 2.75) is 59.2 Å². The van der Waals surface area contributed by atoms with Crippen LogP contribution in [0.15, 0.2) is 53.4 Å². The maximum absolute atomic E-state index is 13.9. The van der Waals surface area contributed by atoms with Gasteiger partial charge in [-0.05, 0) is 61.9 Å². The number of sulfone groups is 1. The molecule has 2 aromatic rings. The summed E-state index contributed by atoms with van der Waals surface area (Å²) in [5.74, 6) is -0.797. The molecule has 2 aliphatic carbocycles. The molecule has 0 bridgehead atoms. The highest BCUT2D eigenvalue weighted by molar-refractivity contribution is 7.92. The number of nitrogens with zero attached hydrogens (tertiary/aromatic N) is 2. The summed E-state index contributed by atoms with van der Waals surface area (Å²) in [5, 5.41) is 11.8. The number of amides is 2. The van der Waals surface area contributed by atoms with Gasteiger partial charge in [-0.3, -0.25) is 9.59 Å². The van der Waals surface area contributed by atoms with Crippen LogP contribution < -0.4 is 5.32 Å². The number of hydrogen-bond donors (Lipinski definition) is 1. The Hall–Kier alpha value is -2.60. The third-order valence-electron chi connectivity index (χ3n) is 7.27. The molecule has 0 radical (unpaired) electrons. The summed E-state index contributed by atoms with van der Waals surface area (Å²) in [4.78, 5) is 28.6. The molecule has 5 rings (SSSR count). The lowest BCUT2D eigenvalue weighted by atomic mass is 9.94. The number of carbonyl (C=O) groups excluding carboxylic acids is 2. The van der Waals surface area contributed by atoms with Gasteiger partial charge in [0.25, 0.3) is 0 Å². The van der Waals surface area contributed by atoms with E-state index in [9.17, 15) is 23.3 Å². The van der Waals surface area contributed by atoms with Crippen molar-refractivity contribution in [2.75, 3.05) is 6.54 Å². The Morgan fingerprint density at radius 1 is 1.06 bits per heavy atom. The topological polar surface area (TPSA) is 107 Å². The smallest absolute Gasteiger partial charge is 0.244 e. The molecule has 2 amide bonds. The zero-order chi connectivity index (χ0) is 25.0. The molecule has 3 fully saturated rings. The fourth-order valence-electron chi connectivity index (χ4n) is 4.87. The van der Waals surface area contributed by atoms with Crippen LogP contribution in [0.1, 0.15) is 37.7 Å². The summed E-state index contributed by atoms with van der Waals surface area (Å²) in [7, 11) is -3.92. The van der Waals surface area contributed by atoms with Crippen molar-refractivity contribution in [1.29, 1.82) is 5.26 Å². The molecule has 0 spiro atoms. The monoisotopic (exact) mass is 531 g/mol. The minimum Gasteiger partial charge on any atom is -0.336 e. The van der Waals surface area contributed by atoms with Crippen LogP contribution in [0.25, 0.3) is 0 Å². The normalized spacial score (nSPS) is 23.9. The molecule has 10 heteroatoms. The van der Waals surface area contributed by atoms with E-state index in [-0.39, 0.29) is 28.8 Å². The molecule has 1 N–H and O–H groups in total. The second-order valence-corrected chi connectivity index (χ2v) is 12.6. The molecular formula is C25H23Cl2N3O4S. The zero-order valence-corrected chi connectivity index (χ0v) is 21.0. The first-order valence-electron chi connectivity index (χ1n) is 11.4. The number of nitriles is 1. The number of rotatable bonds is 6. The van der Waals surface area contributed by atoms with Crippen LogP contribution in [0.4, 0.5) is 0 Å². The van der Waals surface area contributed by atoms with Crippen LogP contribution >= 0.6 is 23.2 Å². The molecule has 1 saturated heterocycles. The fourth-order valence-corrected chi connectivity index (χ4v) is 7.28. The van der Waals surface area contributed by atoms with Crippen LogP contribution in [-0.4, -0.2) is 48.5 Å². The van der Waals surface area contributed by atoms with Gasteiger partial charge in [0.05, 0.1) is 26.7 Å². The van der Waals surface area contributed by atoms with Crippen LogP contribution in [0.3, 0.4) is 0 Å². The van der Waals surface area contributed by atoms with Crippen LogP contribution in [0.5, 0.6) is 0 Å². The SMILES string of the molecule is N#CC1(NC(=O)C2CC(S(=O)(=O)c3ccccc3Cl)CN2C(=O)C2(c3cccc(Cl)c3)CC2)CC1. The van der Waals surface area contributed by atoms with Crippen molar-refractivity contribution in [3.8, 4) is 6.07 Å². The third kappa shape index (κ3) is 4.20. The van der Waals surface area contributed by atoms with E-state index in [4.69, 9.17) is 23.2 Å². The molecule has 0 aromatic heterocycles. The summed E-state index contributed by atoms with van der Waals surface area (Å²) in [6.45, 7) is -0.133. The van der Waals surface area contributed by atoms with Crippen molar-refractivity contribution in [1.82, 2.24) is 10.2 Å². The van der Waals surface area contributed by atoms with E-state index < -0.39 is 38.0 Å². The summed E-state index contributed by atoms with van der Waals surface area (Å²) in [6.07, 6.45) is 2.16. The van der Waals surface area contributed by atoms with Gasteiger partial charge in [0.15, 0.2) is 9.84 Å². The standard InChI is InChI=1S/C25H23Cl2N3O4S/c26-17-5-3-4-16(12-17)25(10-11-25)23(32)30-14-18(35(33,34)21-7-2-1-6-19(21)27)13-20(30)22(31)29-24(15-28)8-9-24/h1-7,12,18,20H,8-11,13-14H2,(H,29,31). The van der Waals surface area contributed by atoms with Crippen molar-refractivity contribution in [3.63, 3.8) is 0 Å². The first-order chi connectivity index (χ1) is 16.6. The first-order valence-corrected chi connectivity index (χ1v) is 13.7. The number of carbonyl (C=O) groups is 2. The number of halogens is 2. The van der Waals surface area contributed by atoms with Crippen LogP contribution in [-0.2, 0) is 24.8 Å². The molecule has 1 heterocycles. The van der Waals surface area contributed by atoms with Gasteiger partial charge in [0, 0.05) is 11.6 Å². The molecule has 3 aliphatic rings. The Morgan fingerprint density at radius 3 is 2.37 bits per heavy atom. The van der Waals surface area contributed by atoms with Crippen molar-refractivity contribution in [2.24, 2.45) is 0 Å². The average molecular weight is 532 g/mol. The molecule has 182 valence electrons. The predicted molar refractivity (Wildman–Crippen MR) is 131 cm³/mol. The number of hydrogen-bond acceptors (Lipinski definition) is 5. The summed E-state index contributed by atoms with van der Waals surface area (Å²) >= 11 is 12.4. The van der Waals surface area contributed by atoms with Gasteiger partial charge in [-0.1, -0.05) is 47.5 Å². The molecular weight excluding hydrogens is 509 g/mol. The van der Waals surface area contributed by atoms with E-state index in [0.717, 1.165) is 5.56 Å². The summed E-state index contributed by atoms with van der Waals surface area (Å²) < 4.78 is 27.0. The van der Waals surface area contributed by atoms with Crippen molar-refractivity contribution < 1.29 is 18.0 Å². The molecule has 2 atom stereocenters. The molecule has 1 aliphatic heterocycles. The quantitative estimate of drug-likeness (QED) is 0.612. The van der Waals surface area contributed by atoms with E-state index >= 15 is 0 Å². The second kappa shape index (κ2) is 8.51. The van der Waals surface area contributed by atoms with Gasteiger partial charge in [-0.2, -0.15) is 5.26 Å². The largest absolute Gasteiger partial charge is 0.336 e. The highest BCUT2D eigenvalue weighted by Gasteiger charge is 2.58. The van der Waals surface area contributed by atoms with Gasteiger partial charge >= 0.3 is 0 Å². The van der Waals surface area contributed by atoms with E-state index in [1.807, 2.05) is 6.07 Å². The molecule has 2 saturated carbocycles. The molecule has 2 aromatic carbocycles. The highest BCUT2D eigenvalue weighted by atomic mass is 35.5. The summed E-state index contributed by atoms with van der Waals surface area (Å²) in [5.41, 5.74) is -1.02. The van der Waals surface area contributed by atoms with E-state index in [2.05, 4.69) is 11.4 Å². The Kier molecular flexibility index (Phi) is 5.86. The van der Waals surface area contributed by atoms with Crippen LogP contribution in [0.2, 0.25) is 10.0 Å². The van der Waals surface area contributed by atoms with Gasteiger partial charge in [0.2, 0.25) is 11.8 Å². The minimum atomic E-state index is -3.92. The van der Waals surface area contributed by atoms with E-state index in [1.54, 1.807) is 30.3 Å². The van der Waals surface area contributed by atoms with Crippen molar-refractivity contribution >= 4 is 44.9 Å². The fraction of sp³-hybridized carbons (Fsp3) is 0.400. The van der Waals surface area contributed by atoms with E-state index in [1.165, 1.54) is 17.0 Å². The predicted octanol–water partition coefficient (Wildman–Crippen LogP) is 3.64. The lowest BCUT2D eigenvalue weighted by molar-refractivity contribution is -0.140.